The summed E-state index contributed by atoms with van der Waals surface area (Å²) in [6.45, 7) is 23.1. The van der Waals surface area contributed by atoms with Crippen molar-refractivity contribution in [3.8, 4) is 0 Å². The van der Waals surface area contributed by atoms with E-state index >= 15 is 0 Å². The molecule has 160 valence electrons. The van der Waals surface area contributed by atoms with E-state index in [2.05, 4.69) is 83.7 Å². The zero-order chi connectivity index (χ0) is 20.0. The molecule has 0 amide bonds. The molecule has 2 saturated heterocycles. The van der Waals surface area contributed by atoms with Crippen LogP contribution in [0.25, 0.3) is 0 Å². The molecule has 5 heteroatoms. The Hall–Kier alpha value is 0.570. The SMILES string of the molecule is CC(C)N1CCCN(C(C)CCC(C)N2CCN(C(C)I)CC[C@@H]2C)CC1. The van der Waals surface area contributed by atoms with Crippen LogP contribution in [0.3, 0.4) is 0 Å². The Morgan fingerprint density at radius 2 is 1.33 bits per heavy atom. The Bertz CT molecular complexity index is 417. The van der Waals surface area contributed by atoms with Crippen LogP contribution in [0.2, 0.25) is 0 Å². The van der Waals surface area contributed by atoms with Gasteiger partial charge in [-0.25, -0.2) is 0 Å². The quantitative estimate of drug-likeness (QED) is 0.301. The molecule has 0 aromatic heterocycles. The van der Waals surface area contributed by atoms with E-state index in [0.717, 1.165) is 0 Å². The van der Waals surface area contributed by atoms with Crippen molar-refractivity contribution in [2.45, 2.75) is 95.4 Å². The Balaban J connectivity index is 1.79. The van der Waals surface area contributed by atoms with Gasteiger partial charge < -0.3 is 0 Å². The largest absolute Gasteiger partial charge is 0.300 e. The zero-order valence-electron chi connectivity index (χ0n) is 18.8. The lowest BCUT2D eigenvalue weighted by molar-refractivity contribution is 0.133. The van der Waals surface area contributed by atoms with Crippen LogP contribution in [-0.4, -0.2) is 93.6 Å². The first-order chi connectivity index (χ1) is 12.8. The lowest BCUT2D eigenvalue weighted by atomic mass is 10.0. The zero-order valence-corrected chi connectivity index (χ0v) is 21.0. The summed E-state index contributed by atoms with van der Waals surface area (Å²) in [6, 6.07) is 2.82. The summed E-state index contributed by atoms with van der Waals surface area (Å²) in [5.41, 5.74) is 0. The second kappa shape index (κ2) is 11.7. The van der Waals surface area contributed by atoms with Gasteiger partial charge in [0.2, 0.25) is 0 Å². The summed E-state index contributed by atoms with van der Waals surface area (Å²) < 4.78 is 0.651. The summed E-state index contributed by atoms with van der Waals surface area (Å²) in [4.78, 5) is 10.8. The summed E-state index contributed by atoms with van der Waals surface area (Å²) >= 11 is 2.57. The van der Waals surface area contributed by atoms with Crippen LogP contribution >= 0.6 is 22.6 Å². The predicted octanol–water partition coefficient (Wildman–Crippen LogP) is 4.14. The summed E-state index contributed by atoms with van der Waals surface area (Å²) in [5.74, 6) is 0. The second-order valence-corrected chi connectivity index (χ2v) is 11.1. The summed E-state index contributed by atoms with van der Waals surface area (Å²) in [6.07, 6.45) is 5.30. The first kappa shape index (κ1) is 23.8. The minimum absolute atomic E-state index is 0.651. The van der Waals surface area contributed by atoms with Crippen LogP contribution < -0.4 is 0 Å². The van der Waals surface area contributed by atoms with E-state index in [4.69, 9.17) is 0 Å². The molecular weight excluding hydrogens is 447 g/mol. The predicted molar refractivity (Wildman–Crippen MR) is 127 cm³/mol. The van der Waals surface area contributed by atoms with E-state index in [1.807, 2.05) is 0 Å². The van der Waals surface area contributed by atoms with Crippen LogP contribution in [0.5, 0.6) is 0 Å². The highest BCUT2D eigenvalue weighted by Gasteiger charge is 2.27. The molecule has 4 nitrogen and oxygen atoms in total. The van der Waals surface area contributed by atoms with Crippen molar-refractivity contribution in [2.75, 3.05) is 45.8 Å². The van der Waals surface area contributed by atoms with Gasteiger partial charge in [0.15, 0.2) is 0 Å². The number of hydrogen-bond donors (Lipinski definition) is 0. The number of hydrogen-bond acceptors (Lipinski definition) is 4. The number of halogens is 1. The average Bonchev–Trinajstić information content (AvgIpc) is 2.98. The third-order valence-corrected chi connectivity index (χ3v) is 7.82. The van der Waals surface area contributed by atoms with E-state index in [0.29, 0.717) is 28.2 Å². The van der Waals surface area contributed by atoms with Crippen molar-refractivity contribution < 1.29 is 0 Å². The fourth-order valence-corrected chi connectivity index (χ4v) is 5.41. The summed E-state index contributed by atoms with van der Waals surface area (Å²) in [5, 5.41) is 0. The highest BCUT2D eigenvalue weighted by atomic mass is 127. The Kier molecular flexibility index (Phi) is 10.3. The van der Waals surface area contributed by atoms with Crippen LogP contribution in [0.15, 0.2) is 0 Å². The fraction of sp³-hybridized carbons (Fsp3) is 1.00. The lowest BCUT2D eigenvalue weighted by Crippen LogP contribution is -2.43. The van der Waals surface area contributed by atoms with Gasteiger partial charge in [0.05, 0.1) is 4.05 Å². The molecule has 2 heterocycles. The highest BCUT2D eigenvalue weighted by molar-refractivity contribution is 14.1. The first-order valence-electron chi connectivity index (χ1n) is 11.4. The van der Waals surface area contributed by atoms with Crippen molar-refractivity contribution in [3.63, 3.8) is 0 Å². The Morgan fingerprint density at radius 3 is 2.00 bits per heavy atom. The Morgan fingerprint density at radius 1 is 0.741 bits per heavy atom. The molecule has 2 aliphatic heterocycles. The van der Waals surface area contributed by atoms with Crippen LogP contribution in [-0.2, 0) is 0 Å². The van der Waals surface area contributed by atoms with E-state index in [-0.39, 0.29) is 0 Å². The summed E-state index contributed by atoms with van der Waals surface area (Å²) in [7, 11) is 0. The first-order valence-corrected chi connectivity index (χ1v) is 12.7. The maximum atomic E-state index is 2.79. The fourth-order valence-electron chi connectivity index (χ4n) is 4.85. The van der Waals surface area contributed by atoms with Crippen molar-refractivity contribution in [1.82, 2.24) is 19.6 Å². The minimum atomic E-state index is 0.651. The molecule has 0 aromatic carbocycles. The number of alkyl halides is 1. The molecule has 0 aliphatic carbocycles. The number of rotatable bonds is 7. The second-order valence-electron chi connectivity index (χ2n) is 9.28. The molecule has 0 aromatic rings. The van der Waals surface area contributed by atoms with E-state index in [1.54, 1.807) is 0 Å². The van der Waals surface area contributed by atoms with Gasteiger partial charge in [-0.15, -0.1) is 0 Å². The van der Waals surface area contributed by atoms with Gasteiger partial charge in [-0.2, -0.15) is 0 Å². The molecule has 0 N–H and O–H groups in total. The molecule has 27 heavy (non-hydrogen) atoms. The molecule has 0 spiro atoms. The van der Waals surface area contributed by atoms with Crippen LogP contribution in [0.4, 0.5) is 0 Å². The van der Waals surface area contributed by atoms with E-state index < -0.39 is 0 Å². The molecule has 0 radical (unpaired) electrons. The molecular formula is C22H45IN4. The highest BCUT2D eigenvalue weighted by Crippen LogP contribution is 2.21. The minimum Gasteiger partial charge on any atom is -0.300 e. The van der Waals surface area contributed by atoms with Crippen molar-refractivity contribution in [2.24, 2.45) is 0 Å². The van der Waals surface area contributed by atoms with Gasteiger partial charge in [-0.3, -0.25) is 19.6 Å². The standard InChI is InChI=1S/C22H45IN4/c1-18(2)24-11-7-12-25(15-14-24)19(3)8-9-20(4)27-17-16-26(22(6)23)13-10-21(27)5/h18-22H,7-17H2,1-6H3/t19?,20?,21-,22?/m0/s1. The Labute approximate surface area is 183 Å². The molecule has 0 bridgehead atoms. The third kappa shape index (κ3) is 7.40. The van der Waals surface area contributed by atoms with Gasteiger partial charge in [-0.1, -0.05) is 22.6 Å². The van der Waals surface area contributed by atoms with E-state index in [1.165, 1.54) is 71.5 Å². The van der Waals surface area contributed by atoms with E-state index in [9.17, 15) is 0 Å². The van der Waals surface area contributed by atoms with Gasteiger partial charge in [-0.05, 0) is 80.3 Å². The van der Waals surface area contributed by atoms with Crippen molar-refractivity contribution in [1.29, 1.82) is 0 Å². The third-order valence-electron chi connectivity index (χ3n) is 7.04. The monoisotopic (exact) mass is 492 g/mol. The topological polar surface area (TPSA) is 13.0 Å². The molecule has 4 atom stereocenters. The molecule has 2 fully saturated rings. The molecule has 2 aliphatic rings. The lowest BCUT2D eigenvalue weighted by Gasteiger charge is -2.35. The van der Waals surface area contributed by atoms with Gasteiger partial charge in [0, 0.05) is 56.9 Å². The van der Waals surface area contributed by atoms with Crippen LogP contribution in [0, 0.1) is 0 Å². The normalized spacial score (nSPS) is 28.7. The van der Waals surface area contributed by atoms with Gasteiger partial charge >= 0.3 is 0 Å². The van der Waals surface area contributed by atoms with Crippen molar-refractivity contribution in [3.05, 3.63) is 0 Å². The average molecular weight is 493 g/mol. The number of nitrogens with zero attached hydrogens (tertiary/aromatic N) is 4. The molecule has 2 rings (SSSR count). The maximum absolute atomic E-state index is 2.79. The van der Waals surface area contributed by atoms with Crippen molar-refractivity contribution >= 4 is 22.6 Å². The molecule has 3 unspecified atom stereocenters. The van der Waals surface area contributed by atoms with Gasteiger partial charge in [0.25, 0.3) is 0 Å². The van der Waals surface area contributed by atoms with Gasteiger partial charge in [0.1, 0.15) is 0 Å². The smallest absolute Gasteiger partial charge is 0.0590 e. The maximum Gasteiger partial charge on any atom is 0.0590 e. The van der Waals surface area contributed by atoms with Crippen LogP contribution in [0.1, 0.15) is 67.2 Å². The molecule has 0 saturated carbocycles.